The van der Waals surface area contributed by atoms with Crippen LogP contribution >= 0.6 is 11.3 Å². The van der Waals surface area contributed by atoms with Gasteiger partial charge in [0.2, 0.25) is 5.91 Å². The lowest BCUT2D eigenvalue weighted by Crippen LogP contribution is -2.49. The summed E-state index contributed by atoms with van der Waals surface area (Å²) in [5, 5.41) is 20.7. The van der Waals surface area contributed by atoms with Gasteiger partial charge in [-0.25, -0.2) is 4.79 Å². The summed E-state index contributed by atoms with van der Waals surface area (Å²) in [6, 6.07) is 3.84. The minimum absolute atomic E-state index is 0.0231. The number of amides is 1. The van der Waals surface area contributed by atoms with Crippen molar-refractivity contribution in [3.05, 3.63) is 21.9 Å². The number of carboxylic acids is 1. The van der Waals surface area contributed by atoms with E-state index in [9.17, 15) is 14.7 Å². The van der Waals surface area contributed by atoms with E-state index in [1.807, 2.05) is 11.0 Å². The van der Waals surface area contributed by atoms with Crippen LogP contribution in [0.3, 0.4) is 0 Å². The molecule has 7 heteroatoms. The van der Waals surface area contributed by atoms with Crippen LogP contribution in [-0.2, 0) is 4.79 Å². The molecule has 2 aliphatic carbocycles. The van der Waals surface area contributed by atoms with Gasteiger partial charge in [0.15, 0.2) is 0 Å². The highest BCUT2D eigenvalue weighted by atomic mass is 32.1. The average molecular weight is 472 g/mol. The molecule has 2 fully saturated rings. The Labute approximate surface area is 201 Å². The monoisotopic (exact) mass is 471 g/mol. The second-order valence-electron chi connectivity index (χ2n) is 9.48. The van der Waals surface area contributed by atoms with E-state index in [-0.39, 0.29) is 17.9 Å². The molecule has 0 unspecified atom stereocenters. The summed E-state index contributed by atoms with van der Waals surface area (Å²) in [5.74, 6) is -0.0585. The minimum Gasteiger partial charge on any atom is -0.477 e. The number of carbonyl (C=O) groups is 2. The molecule has 3 aliphatic rings. The van der Waals surface area contributed by atoms with Gasteiger partial charge < -0.3 is 15.3 Å². The molecule has 0 radical (unpaired) electrons. The number of aromatic carboxylic acids is 1. The largest absolute Gasteiger partial charge is 0.477 e. The summed E-state index contributed by atoms with van der Waals surface area (Å²) in [5.41, 5.74) is 1.90. The molecule has 2 N–H and O–H groups in total. The Hall–Kier alpha value is -2.17. The third-order valence-corrected chi connectivity index (χ3v) is 8.24. The van der Waals surface area contributed by atoms with Crippen LogP contribution in [0.5, 0.6) is 0 Å². The molecular weight excluding hydrogens is 434 g/mol. The molecule has 0 aromatic carbocycles. The maximum Gasteiger partial charge on any atom is 0.348 e. The molecular formula is C26H37N3O3S. The van der Waals surface area contributed by atoms with Crippen molar-refractivity contribution in [2.75, 3.05) is 18.0 Å². The zero-order valence-electron chi connectivity index (χ0n) is 19.9. The maximum atomic E-state index is 13.8. The lowest BCUT2D eigenvalue weighted by molar-refractivity contribution is -0.124. The number of thiophene rings is 1. The number of anilines is 1. The summed E-state index contributed by atoms with van der Waals surface area (Å²) in [6.45, 7) is 5.44. The highest BCUT2D eigenvalue weighted by Gasteiger charge is 2.36. The molecule has 33 heavy (non-hydrogen) atoms. The second kappa shape index (κ2) is 12.3. The third kappa shape index (κ3) is 6.45. The highest BCUT2D eigenvalue weighted by molar-refractivity contribution is 7.15. The molecule has 1 saturated heterocycles. The van der Waals surface area contributed by atoms with Gasteiger partial charge in [0, 0.05) is 23.8 Å². The van der Waals surface area contributed by atoms with E-state index in [0.717, 1.165) is 75.8 Å². The molecule has 0 bridgehead atoms. The van der Waals surface area contributed by atoms with E-state index in [1.165, 1.54) is 30.3 Å². The first-order chi connectivity index (χ1) is 16.0. The van der Waals surface area contributed by atoms with Gasteiger partial charge >= 0.3 is 5.97 Å². The number of allylic oxidation sites excluding steroid dienone is 2. The summed E-state index contributed by atoms with van der Waals surface area (Å²) in [7, 11) is 0. The number of nitrogens with zero attached hydrogens (tertiary/aromatic N) is 2. The van der Waals surface area contributed by atoms with E-state index >= 15 is 0 Å². The van der Waals surface area contributed by atoms with Gasteiger partial charge in [-0.1, -0.05) is 13.0 Å². The molecule has 1 aliphatic heterocycles. The summed E-state index contributed by atoms with van der Waals surface area (Å²) in [4.78, 5) is 29.2. The lowest BCUT2D eigenvalue weighted by atomic mass is 9.82. The van der Waals surface area contributed by atoms with E-state index in [4.69, 9.17) is 5.26 Å². The number of nitriles is 1. The topological polar surface area (TPSA) is 93.4 Å². The Morgan fingerprint density at radius 2 is 1.82 bits per heavy atom. The van der Waals surface area contributed by atoms with Gasteiger partial charge in [-0.2, -0.15) is 5.26 Å². The summed E-state index contributed by atoms with van der Waals surface area (Å²) < 4.78 is 0. The van der Waals surface area contributed by atoms with Crippen molar-refractivity contribution >= 4 is 34.5 Å². The van der Waals surface area contributed by atoms with Crippen LogP contribution in [-0.4, -0.2) is 36.1 Å². The number of carbonyl (C=O) groups excluding carboxylic acids is 1. The molecule has 0 atom stereocenters. The van der Waals surface area contributed by atoms with Gasteiger partial charge in [-0.3, -0.25) is 4.79 Å². The number of piperidine rings is 1. The quantitative estimate of drug-likeness (QED) is 0.562. The predicted molar refractivity (Wildman–Crippen MR) is 134 cm³/mol. The van der Waals surface area contributed by atoms with E-state index in [0.29, 0.717) is 16.5 Å². The van der Waals surface area contributed by atoms with Crippen molar-refractivity contribution in [2.45, 2.75) is 84.1 Å². The number of hydrogen-bond acceptors (Lipinski definition) is 5. The number of rotatable bonds is 5. The SMILES string of the molecule is CC#N.CC1CCC(C(=O)N(c2cc(C3=CCCCC3)sc2C(=O)O)C2CCNCC2)CC1. The molecule has 6 nitrogen and oxygen atoms in total. The van der Waals surface area contributed by atoms with E-state index in [1.54, 1.807) is 6.07 Å². The Morgan fingerprint density at radius 1 is 1.15 bits per heavy atom. The summed E-state index contributed by atoms with van der Waals surface area (Å²) in [6.07, 6.45) is 12.4. The van der Waals surface area contributed by atoms with E-state index in [2.05, 4.69) is 18.3 Å². The zero-order chi connectivity index (χ0) is 23.8. The van der Waals surface area contributed by atoms with Crippen LogP contribution in [0.25, 0.3) is 5.57 Å². The first-order valence-corrected chi connectivity index (χ1v) is 13.2. The predicted octanol–water partition coefficient (Wildman–Crippen LogP) is 5.84. The minimum atomic E-state index is -0.915. The van der Waals surface area contributed by atoms with Gasteiger partial charge in [0.1, 0.15) is 4.88 Å². The molecule has 1 aromatic rings. The Morgan fingerprint density at radius 3 is 2.39 bits per heavy atom. The van der Waals surface area contributed by atoms with Crippen LogP contribution in [0.2, 0.25) is 0 Å². The first kappa shape index (κ1) is 25.5. The van der Waals surface area contributed by atoms with Crippen molar-refractivity contribution < 1.29 is 14.7 Å². The maximum absolute atomic E-state index is 13.8. The molecule has 1 amide bonds. The van der Waals surface area contributed by atoms with E-state index < -0.39 is 5.97 Å². The average Bonchev–Trinajstić information content (AvgIpc) is 3.27. The fourth-order valence-electron chi connectivity index (χ4n) is 5.20. The van der Waals surface area contributed by atoms with Gasteiger partial charge in [-0.15, -0.1) is 11.3 Å². The standard InChI is InChI=1S/C24H34N2O3S.C2H3N/c1-16-7-9-18(10-8-16)23(27)26(19-11-13-25-14-12-19)20-15-21(30-22(20)24(28)29)17-5-3-2-4-6-17;1-2-3/h5,15-16,18-19,25H,2-4,6-14H2,1H3,(H,28,29);1H3. The zero-order valence-corrected chi connectivity index (χ0v) is 20.8. The van der Waals surface area contributed by atoms with Crippen molar-refractivity contribution in [2.24, 2.45) is 11.8 Å². The normalized spacial score (nSPS) is 23.5. The number of hydrogen-bond donors (Lipinski definition) is 2. The fraction of sp³-hybridized carbons (Fsp3) is 0.654. The summed E-state index contributed by atoms with van der Waals surface area (Å²) >= 11 is 1.35. The molecule has 1 saturated carbocycles. The van der Waals surface area contributed by atoms with Crippen molar-refractivity contribution in [3.63, 3.8) is 0 Å². The van der Waals surface area contributed by atoms with Crippen molar-refractivity contribution in [3.8, 4) is 6.07 Å². The van der Waals surface area contributed by atoms with Crippen LogP contribution in [0.1, 0.15) is 92.6 Å². The molecule has 1 aromatic heterocycles. The number of carboxylic acid groups (broad SMARTS) is 1. The molecule has 180 valence electrons. The van der Waals surface area contributed by atoms with Crippen LogP contribution < -0.4 is 10.2 Å². The molecule has 4 rings (SSSR count). The Bertz CT molecular complexity index is 887. The van der Waals surface area contributed by atoms with Crippen molar-refractivity contribution in [1.82, 2.24) is 5.32 Å². The number of nitrogens with one attached hydrogen (secondary N) is 1. The molecule has 2 heterocycles. The van der Waals surface area contributed by atoms with Gasteiger partial charge in [0.25, 0.3) is 0 Å². The smallest absolute Gasteiger partial charge is 0.348 e. The van der Waals surface area contributed by atoms with Crippen LogP contribution in [0.15, 0.2) is 12.1 Å². The van der Waals surface area contributed by atoms with Gasteiger partial charge in [0.05, 0.1) is 11.8 Å². The van der Waals surface area contributed by atoms with Crippen LogP contribution in [0.4, 0.5) is 5.69 Å². The van der Waals surface area contributed by atoms with Gasteiger partial charge in [-0.05, 0) is 94.9 Å². The van der Waals surface area contributed by atoms with Crippen LogP contribution in [0, 0.1) is 23.2 Å². The third-order valence-electron chi connectivity index (χ3n) is 7.05. The lowest BCUT2D eigenvalue weighted by Gasteiger charge is -2.38. The Kier molecular flexibility index (Phi) is 9.52. The Balaban J connectivity index is 0.000000968. The molecule has 0 spiro atoms. The highest BCUT2D eigenvalue weighted by Crippen LogP contribution is 2.41. The fourth-order valence-corrected chi connectivity index (χ4v) is 6.25. The first-order valence-electron chi connectivity index (χ1n) is 12.4. The second-order valence-corrected chi connectivity index (χ2v) is 10.5. The van der Waals surface area contributed by atoms with Crippen molar-refractivity contribution in [1.29, 1.82) is 5.26 Å².